The summed E-state index contributed by atoms with van der Waals surface area (Å²) in [6.45, 7) is 0.0280. The minimum absolute atomic E-state index is 0.0247. The lowest BCUT2D eigenvalue weighted by molar-refractivity contribution is -0.384. The van der Waals surface area contributed by atoms with Crippen LogP contribution in [0.25, 0.3) is 0 Å². The first-order valence-corrected chi connectivity index (χ1v) is 11.7. The van der Waals surface area contributed by atoms with Gasteiger partial charge in [-0.3, -0.25) is 10.1 Å². The second kappa shape index (κ2) is 13.5. The number of hydrogen-bond donors (Lipinski definition) is 1. The summed E-state index contributed by atoms with van der Waals surface area (Å²) in [5.74, 6) is -1.05. The van der Waals surface area contributed by atoms with E-state index >= 15 is 0 Å². The van der Waals surface area contributed by atoms with Crippen LogP contribution in [-0.2, 0) is 27.5 Å². The Hall–Kier alpha value is -4.38. The minimum Gasteiger partial charge on any atom is -0.453 e. The van der Waals surface area contributed by atoms with Crippen LogP contribution in [0, 0.1) is 10.1 Å². The largest absolute Gasteiger partial charge is 0.453 e. The third-order valence-electron chi connectivity index (χ3n) is 4.62. The lowest BCUT2D eigenvalue weighted by Crippen LogP contribution is -2.45. The van der Waals surface area contributed by atoms with Crippen LogP contribution in [-0.4, -0.2) is 34.1 Å². The summed E-state index contributed by atoms with van der Waals surface area (Å²) in [7, 11) is 0. The van der Waals surface area contributed by atoms with Crippen molar-refractivity contribution in [1.82, 2.24) is 5.32 Å². The molecule has 0 saturated carbocycles. The van der Waals surface area contributed by atoms with E-state index in [0.29, 0.717) is 11.8 Å². The standard InChI is InChI=1S/C25H22N2O8S/c28-23(35-21-13-11-20(12-14-21)27(31)32)22(26-24(29)33-15-18-7-3-1-4-8-18)17-36-25(30)34-16-19-9-5-2-6-10-19/h1-14,22H,15-17H2,(H,26,29). The first kappa shape index (κ1) is 26.2. The summed E-state index contributed by atoms with van der Waals surface area (Å²) in [6.07, 6.45) is -0.886. The molecule has 0 heterocycles. The van der Waals surface area contributed by atoms with Gasteiger partial charge in [0.1, 0.15) is 25.0 Å². The predicted octanol–water partition coefficient (Wildman–Crippen LogP) is 4.87. The molecule has 0 aromatic heterocycles. The molecule has 0 aliphatic rings. The maximum atomic E-state index is 12.7. The number of alkyl carbamates (subject to hydrolysis) is 1. The fourth-order valence-corrected chi connectivity index (χ4v) is 3.47. The zero-order valence-corrected chi connectivity index (χ0v) is 19.7. The van der Waals surface area contributed by atoms with Crippen molar-refractivity contribution in [2.75, 3.05) is 5.75 Å². The van der Waals surface area contributed by atoms with Crippen LogP contribution in [0.2, 0.25) is 0 Å². The first-order chi connectivity index (χ1) is 17.4. The van der Waals surface area contributed by atoms with Crippen LogP contribution >= 0.6 is 11.8 Å². The molecule has 3 rings (SSSR count). The Labute approximate surface area is 210 Å². The minimum atomic E-state index is -1.27. The van der Waals surface area contributed by atoms with Gasteiger partial charge in [-0.15, -0.1) is 0 Å². The van der Waals surface area contributed by atoms with Crippen molar-refractivity contribution in [3.8, 4) is 5.75 Å². The summed E-state index contributed by atoms with van der Waals surface area (Å²) >= 11 is 0.684. The number of rotatable bonds is 10. The molecule has 1 unspecified atom stereocenters. The molecule has 1 N–H and O–H groups in total. The summed E-state index contributed by atoms with van der Waals surface area (Å²) in [5.41, 5.74) is 1.37. The van der Waals surface area contributed by atoms with E-state index in [9.17, 15) is 24.5 Å². The molecule has 1 atom stereocenters. The van der Waals surface area contributed by atoms with Crippen molar-refractivity contribution in [3.05, 3.63) is 106 Å². The lowest BCUT2D eigenvalue weighted by Gasteiger charge is -2.17. The summed E-state index contributed by atoms with van der Waals surface area (Å²) in [5, 5.41) is 12.6. The number of nitrogens with one attached hydrogen (secondary N) is 1. The highest BCUT2D eigenvalue weighted by Crippen LogP contribution is 2.19. The van der Waals surface area contributed by atoms with Gasteiger partial charge in [-0.05, 0) is 35.0 Å². The molecule has 3 aromatic rings. The van der Waals surface area contributed by atoms with Gasteiger partial charge in [0.05, 0.1) is 4.92 Å². The number of nitrogens with zero attached hydrogens (tertiary/aromatic N) is 1. The molecule has 0 aliphatic heterocycles. The lowest BCUT2D eigenvalue weighted by atomic mass is 10.2. The molecule has 0 saturated heterocycles. The van der Waals surface area contributed by atoms with Crippen molar-refractivity contribution in [2.45, 2.75) is 19.3 Å². The SMILES string of the molecule is O=C(NC(CSC(=O)OCc1ccccc1)C(=O)Oc1ccc([N+](=O)[O-])cc1)OCc1ccccc1. The van der Waals surface area contributed by atoms with E-state index in [-0.39, 0.29) is 30.4 Å². The van der Waals surface area contributed by atoms with Gasteiger partial charge in [0.15, 0.2) is 0 Å². The predicted molar refractivity (Wildman–Crippen MR) is 131 cm³/mol. The molecule has 0 bridgehead atoms. The zero-order valence-electron chi connectivity index (χ0n) is 18.9. The smallest absolute Gasteiger partial charge is 0.408 e. The van der Waals surface area contributed by atoms with E-state index in [0.717, 1.165) is 11.1 Å². The Morgan fingerprint density at radius 1 is 0.833 bits per heavy atom. The average molecular weight is 511 g/mol. The van der Waals surface area contributed by atoms with Crippen molar-refractivity contribution < 1.29 is 33.5 Å². The fraction of sp³-hybridized carbons (Fsp3) is 0.160. The van der Waals surface area contributed by atoms with E-state index in [2.05, 4.69) is 5.32 Å². The number of nitro benzene ring substituents is 1. The van der Waals surface area contributed by atoms with Gasteiger partial charge in [0.2, 0.25) is 0 Å². The van der Waals surface area contributed by atoms with E-state index in [1.165, 1.54) is 24.3 Å². The van der Waals surface area contributed by atoms with Gasteiger partial charge < -0.3 is 19.5 Å². The number of esters is 1. The van der Waals surface area contributed by atoms with Crippen molar-refractivity contribution in [1.29, 1.82) is 0 Å². The Morgan fingerprint density at radius 2 is 1.39 bits per heavy atom. The molecule has 36 heavy (non-hydrogen) atoms. The van der Waals surface area contributed by atoms with Gasteiger partial charge >= 0.3 is 17.4 Å². The highest BCUT2D eigenvalue weighted by atomic mass is 32.2. The number of carbonyl (C=O) groups is 3. The summed E-state index contributed by atoms with van der Waals surface area (Å²) in [4.78, 5) is 47.5. The highest BCUT2D eigenvalue weighted by Gasteiger charge is 2.26. The molecule has 10 nitrogen and oxygen atoms in total. The maximum absolute atomic E-state index is 12.7. The molecule has 3 aromatic carbocycles. The monoisotopic (exact) mass is 510 g/mol. The second-order valence-electron chi connectivity index (χ2n) is 7.27. The molecule has 0 fully saturated rings. The third-order valence-corrected chi connectivity index (χ3v) is 5.48. The molecular weight excluding hydrogens is 488 g/mol. The number of amides is 1. The van der Waals surface area contributed by atoms with E-state index < -0.39 is 28.3 Å². The number of ether oxygens (including phenoxy) is 3. The third kappa shape index (κ3) is 8.76. The van der Waals surface area contributed by atoms with Gasteiger partial charge in [-0.25, -0.2) is 14.4 Å². The van der Waals surface area contributed by atoms with E-state index in [1.807, 2.05) is 24.3 Å². The number of carbonyl (C=O) groups excluding carboxylic acids is 3. The van der Waals surface area contributed by atoms with Gasteiger partial charge in [-0.2, -0.15) is 0 Å². The number of non-ortho nitro benzene ring substituents is 1. The van der Waals surface area contributed by atoms with Crippen molar-refractivity contribution in [2.24, 2.45) is 0 Å². The normalized spacial score (nSPS) is 11.1. The highest BCUT2D eigenvalue weighted by molar-refractivity contribution is 8.13. The quantitative estimate of drug-likeness (QED) is 0.175. The molecule has 0 radical (unpaired) electrons. The number of benzene rings is 3. The summed E-state index contributed by atoms with van der Waals surface area (Å²) in [6, 6.07) is 21.6. The van der Waals surface area contributed by atoms with Gasteiger partial charge in [0, 0.05) is 17.9 Å². The van der Waals surface area contributed by atoms with Crippen LogP contribution in [0.3, 0.4) is 0 Å². The first-order valence-electron chi connectivity index (χ1n) is 10.7. The van der Waals surface area contributed by atoms with Crippen LogP contribution in [0.4, 0.5) is 15.3 Å². The fourth-order valence-electron chi connectivity index (χ4n) is 2.81. The number of nitro groups is 1. The van der Waals surface area contributed by atoms with Crippen LogP contribution < -0.4 is 10.1 Å². The molecule has 11 heteroatoms. The Morgan fingerprint density at radius 3 is 1.94 bits per heavy atom. The molecular formula is C25H22N2O8S. The molecule has 0 aliphatic carbocycles. The average Bonchev–Trinajstić information content (AvgIpc) is 2.90. The Balaban J connectivity index is 1.59. The number of hydrogen-bond acceptors (Lipinski definition) is 9. The van der Waals surface area contributed by atoms with E-state index in [4.69, 9.17) is 14.2 Å². The van der Waals surface area contributed by atoms with Gasteiger partial charge in [0.25, 0.3) is 5.69 Å². The molecule has 1 amide bonds. The Bertz CT molecular complexity index is 1170. The topological polar surface area (TPSA) is 134 Å². The molecule has 186 valence electrons. The summed E-state index contributed by atoms with van der Waals surface area (Å²) < 4.78 is 15.6. The van der Waals surface area contributed by atoms with Crippen molar-refractivity contribution >= 4 is 34.8 Å². The van der Waals surface area contributed by atoms with E-state index in [1.54, 1.807) is 36.4 Å². The number of thioether (sulfide) groups is 1. The van der Waals surface area contributed by atoms with Crippen LogP contribution in [0.1, 0.15) is 11.1 Å². The van der Waals surface area contributed by atoms with Crippen molar-refractivity contribution in [3.63, 3.8) is 0 Å². The second-order valence-corrected chi connectivity index (χ2v) is 8.22. The molecule has 0 spiro atoms. The maximum Gasteiger partial charge on any atom is 0.408 e. The van der Waals surface area contributed by atoms with Crippen LogP contribution in [0.5, 0.6) is 5.75 Å². The van der Waals surface area contributed by atoms with Gasteiger partial charge in [-0.1, -0.05) is 60.7 Å². The van der Waals surface area contributed by atoms with Crippen LogP contribution in [0.15, 0.2) is 84.9 Å². The Kier molecular flexibility index (Phi) is 9.83. The zero-order chi connectivity index (χ0) is 25.8.